The number of likely N-dealkylation sites (tertiary alicyclic amines) is 1. The Morgan fingerprint density at radius 1 is 1.39 bits per heavy atom. The molecule has 1 aliphatic rings. The molecule has 2 rings (SSSR count). The second-order valence-corrected chi connectivity index (χ2v) is 5.62. The summed E-state index contributed by atoms with van der Waals surface area (Å²) in [5.41, 5.74) is 8.83. The highest BCUT2D eigenvalue weighted by molar-refractivity contribution is 5.55. The van der Waals surface area contributed by atoms with Crippen LogP contribution in [0.2, 0.25) is 0 Å². The van der Waals surface area contributed by atoms with E-state index in [-0.39, 0.29) is 5.54 Å². The van der Waals surface area contributed by atoms with Crippen LogP contribution in [-0.2, 0) is 0 Å². The Morgan fingerprint density at radius 3 is 2.72 bits per heavy atom. The van der Waals surface area contributed by atoms with Gasteiger partial charge in [0.05, 0.1) is 5.54 Å². The van der Waals surface area contributed by atoms with Crippen LogP contribution in [0.15, 0.2) is 24.3 Å². The Hall–Kier alpha value is -1.06. The summed E-state index contributed by atoms with van der Waals surface area (Å²) in [4.78, 5) is 4.79. The maximum atomic E-state index is 6.12. The SMILES string of the molecule is Cc1ccccc1N(C)C1(CN)CCCN(C)C1. The summed E-state index contributed by atoms with van der Waals surface area (Å²) < 4.78 is 0. The van der Waals surface area contributed by atoms with Crippen LogP contribution < -0.4 is 10.6 Å². The van der Waals surface area contributed by atoms with Crippen LogP contribution in [0, 0.1) is 6.92 Å². The number of likely N-dealkylation sites (N-methyl/N-ethyl adjacent to an activating group) is 2. The van der Waals surface area contributed by atoms with Crippen LogP contribution >= 0.6 is 0 Å². The molecule has 0 spiro atoms. The molecule has 0 saturated carbocycles. The number of piperidine rings is 1. The molecule has 1 atom stereocenters. The lowest BCUT2D eigenvalue weighted by Gasteiger charge is -2.48. The van der Waals surface area contributed by atoms with Crippen molar-refractivity contribution in [3.63, 3.8) is 0 Å². The smallest absolute Gasteiger partial charge is 0.0647 e. The van der Waals surface area contributed by atoms with Crippen molar-refractivity contribution in [2.24, 2.45) is 5.73 Å². The Bertz CT molecular complexity index is 404. The molecule has 1 saturated heterocycles. The lowest BCUT2D eigenvalue weighted by atomic mass is 9.87. The Morgan fingerprint density at radius 2 is 2.11 bits per heavy atom. The molecule has 1 fully saturated rings. The van der Waals surface area contributed by atoms with Crippen molar-refractivity contribution in [1.29, 1.82) is 0 Å². The van der Waals surface area contributed by atoms with Gasteiger partial charge < -0.3 is 15.5 Å². The molecule has 100 valence electrons. The van der Waals surface area contributed by atoms with Crippen molar-refractivity contribution in [3.05, 3.63) is 29.8 Å². The second kappa shape index (κ2) is 5.29. The van der Waals surface area contributed by atoms with Crippen molar-refractivity contribution in [2.45, 2.75) is 25.3 Å². The van der Waals surface area contributed by atoms with Gasteiger partial charge in [-0.2, -0.15) is 0 Å². The van der Waals surface area contributed by atoms with Crippen LogP contribution in [0.5, 0.6) is 0 Å². The molecule has 1 aromatic carbocycles. The highest BCUT2D eigenvalue weighted by Crippen LogP contribution is 2.31. The van der Waals surface area contributed by atoms with Crippen molar-refractivity contribution in [1.82, 2.24) is 4.90 Å². The average molecular weight is 247 g/mol. The Balaban J connectivity index is 2.30. The number of rotatable bonds is 3. The third kappa shape index (κ3) is 2.38. The van der Waals surface area contributed by atoms with E-state index >= 15 is 0 Å². The molecule has 3 heteroatoms. The first-order chi connectivity index (χ1) is 8.59. The van der Waals surface area contributed by atoms with E-state index in [0.29, 0.717) is 6.54 Å². The first kappa shape index (κ1) is 13.4. The summed E-state index contributed by atoms with van der Waals surface area (Å²) in [5, 5.41) is 0. The topological polar surface area (TPSA) is 32.5 Å². The number of nitrogens with two attached hydrogens (primary N) is 1. The number of aryl methyl sites for hydroxylation is 1. The third-order valence-electron chi connectivity index (χ3n) is 4.31. The molecule has 18 heavy (non-hydrogen) atoms. The minimum atomic E-state index is 0.0825. The van der Waals surface area contributed by atoms with E-state index in [4.69, 9.17) is 5.73 Å². The number of hydrogen-bond acceptors (Lipinski definition) is 3. The largest absolute Gasteiger partial charge is 0.366 e. The van der Waals surface area contributed by atoms with E-state index in [1.807, 2.05) is 0 Å². The number of para-hydroxylation sites is 1. The molecule has 0 aromatic heterocycles. The molecule has 1 heterocycles. The molecule has 0 aliphatic carbocycles. The first-order valence-electron chi connectivity index (χ1n) is 6.77. The molecule has 0 radical (unpaired) electrons. The zero-order valence-corrected chi connectivity index (χ0v) is 11.8. The normalized spacial score (nSPS) is 25.1. The zero-order chi connectivity index (χ0) is 13.2. The van der Waals surface area contributed by atoms with Gasteiger partial charge in [-0.1, -0.05) is 18.2 Å². The highest BCUT2D eigenvalue weighted by Gasteiger charge is 2.37. The van der Waals surface area contributed by atoms with Crippen LogP contribution in [0.3, 0.4) is 0 Å². The van der Waals surface area contributed by atoms with Crippen LogP contribution in [0.4, 0.5) is 5.69 Å². The predicted molar refractivity (Wildman–Crippen MR) is 78.1 cm³/mol. The third-order valence-corrected chi connectivity index (χ3v) is 4.31. The van der Waals surface area contributed by atoms with Gasteiger partial charge in [-0.05, 0) is 45.0 Å². The summed E-state index contributed by atoms with van der Waals surface area (Å²) in [7, 11) is 4.38. The average Bonchev–Trinajstić information content (AvgIpc) is 2.38. The lowest BCUT2D eigenvalue weighted by Crippen LogP contribution is -2.61. The molecule has 1 unspecified atom stereocenters. The number of nitrogens with zero attached hydrogens (tertiary/aromatic N) is 2. The molecule has 0 bridgehead atoms. The van der Waals surface area contributed by atoms with Gasteiger partial charge in [0.25, 0.3) is 0 Å². The maximum Gasteiger partial charge on any atom is 0.0647 e. The van der Waals surface area contributed by atoms with E-state index in [1.165, 1.54) is 30.6 Å². The second-order valence-electron chi connectivity index (χ2n) is 5.62. The lowest BCUT2D eigenvalue weighted by molar-refractivity contribution is 0.178. The quantitative estimate of drug-likeness (QED) is 0.885. The first-order valence-corrected chi connectivity index (χ1v) is 6.77. The van der Waals surface area contributed by atoms with Gasteiger partial charge in [0.15, 0.2) is 0 Å². The summed E-state index contributed by atoms with van der Waals surface area (Å²) >= 11 is 0. The number of anilines is 1. The monoisotopic (exact) mass is 247 g/mol. The van der Waals surface area contributed by atoms with Crippen molar-refractivity contribution < 1.29 is 0 Å². The zero-order valence-electron chi connectivity index (χ0n) is 11.8. The van der Waals surface area contributed by atoms with E-state index in [2.05, 4.69) is 55.1 Å². The van der Waals surface area contributed by atoms with Crippen molar-refractivity contribution >= 4 is 5.69 Å². The van der Waals surface area contributed by atoms with Gasteiger partial charge in [0, 0.05) is 25.8 Å². The predicted octanol–water partition coefficient (Wildman–Crippen LogP) is 1.85. The van der Waals surface area contributed by atoms with Crippen molar-refractivity contribution in [2.75, 3.05) is 38.6 Å². The number of benzene rings is 1. The Labute approximate surface area is 111 Å². The van der Waals surface area contributed by atoms with Gasteiger partial charge in [0.1, 0.15) is 0 Å². The maximum absolute atomic E-state index is 6.12. The minimum absolute atomic E-state index is 0.0825. The molecule has 1 aromatic rings. The number of hydrogen-bond donors (Lipinski definition) is 1. The van der Waals surface area contributed by atoms with Crippen LogP contribution in [0.25, 0.3) is 0 Å². The fourth-order valence-electron chi connectivity index (χ4n) is 3.11. The summed E-state index contributed by atoms with van der Waals surface area (Å²) in [5.74, 6) is 0. The van der Waals surface area contributed by atoms with Crippen molar-refractivity contribution in [3.8, 4) is 0 Å². The summed E-state index contributed by atoms with van der Waals surface area (Å²) in [6, 6.07) is 8.56. The standard InChI is InChI=1S/C15H25N3/c1-13-7-4-5-8-14(13)18(3)15(11-16)9-6-10-17(2)12-15/h4-5,7-8H,6,9-12,16H2,1-3H3. The van der Waals surface area contributed by atoms with Crippen LogP contribution in [0.1, 0.15) is 18.4 Å². The van der Waals surface area contributed by atoms with E-state index < -0.39 is 0 Å². The molecular formula is C15H25N3. The highest BCUT2D eigenvalue weighted by atomic mass is 15.3. The fraction of sp³-hybridized carbons (Fsp3) is 0.600. The van der Waals surface area contributed by atoms with E-state index in [9.17, 15) is 0 Å². The van der Waals surface area contributed by atoms with Gasteiger partial charge in [-0.25, -0.2) is 0 Å². The Kier molecular flexibility index (Phi) is 3.93. The molecule has 3 nitrogen and oxygen atoms in total. The molecule has 0 amide bonds. The minimum Gasteiger partial charge on any atom is -0.366 e. The van der Waals surface area contributed by atoms with E-state index in [1.54, 1.807) is 0 Å². The van der Waals surface area contributed by atoms with Gasteiger partial charge >= 0.3 is 0 Å². The van der Waals surface area contributed by atoms with E-state index in [0.717, 1.165) is 6.54 Å². The van der Waals surface area contributed by atoms with Gasteiger partial charge in [-0.3, -0.25) is 0 Å². The van der Waals surface area contributed by atoms with Gasteiger partial charge in [0.2, 0.25) is 0 Å². The van der Waals surface area contributed by atoms with Gasteiger partial charge in [-0.15, -0.1) is 0 Å². The fourth-order valence-corrected chi connectivity index (χ4v) is 3.11. The molecule has 1 aliphatic heterocycles. The molecular weight excluding hydrogens is 222 g/mol. The molecule has 2 N–H and O–H groups in total. The van der Waals surface area contributed by atoms with Crippen LogP contribution in [-0.4, -0.2) is 44.2 Å². The summed E-state index contributed by atoms with van der Waals surface area (Å²) in [6.07, 6.45) is 2.41. The summed E-state index contributed by atoms with van der Waals surface area (Å²) in [6.45, 7) is 5.11.